The Morgan fingerprint density at radius 3 is 2.90 bits per heavy atom. The molecule has 3 aromatic rings. The number of ether oxygens (including phenoxy) is 1. The minimum Gasteiger partial charge on any atom is -0.496 e. The molecule has 0 atom stereocenters. The number of rotatable bonds is 4. The molecule has 0 saturated heterocycles. The lowest BCUT2D eigenvalue weighted by Crippen LogP contribution is -1.90. The number of methoxy groups -OCH3 is 1. The van der Waals surface area contributed by atoms with Gasteiger partial charge in [-0.3, -0.25) is 0 Å². The molecule has 1 heterocycles. The second-order valence-electron chi connectivity index (χ2n) is 4.19. The Hall–Kier alpha value is -1.65. The van der Waals surface area contributed by atoms with Gasteiger partial charge in [-0.15, -0.1) is 0 Å². The molecule has 20 heavy (non-hydrogen) atoms. The first-order valence-corrected chi connectivity index (χ1v) is 7.43. The number of thioether (sulfide) groups is 1. The van der Waals surface area contributed by atoms with Gasteiger partial charge in [0, 0.05) is 16.3 Å². The van der Waals surface area contributed by atoms with Crippen LogP contribution in [0.5, 0.6) is 5.75 Å². The predicted octanol–water partition coefficient (Wildman–Crippen LogP) is 4.78. The topological polar surface area (TPSA) is 35.3 Å². The van der Waals surface area contributed by atoms with Gasteiger partial charge in [-0.1, -0.05) is 35.5 Å². The highest BCUT2D eigenvalue weighted by Gasteiger charge is 2.09. The van der Waals surface area contributed by atoms with Crippen LogP contribution < -0.4 is 4.74 Å². The zero-order chi connectivity index (χ0) is 13.9. The van der Waals surface area contributed by atoms with E-state index in [-0.39, 0.29) is 0 Å². The normalized spacial score (nSPS) is 10.9. The summed E-state index contributed by atoms with van der Waals surface area (Å²) in [6, 6.07) is 13.3. The molecular formula is C15H12ClNO2S. The number of nitrogens with zero attached hydrogens (tertiary/aromatic N) is 1. The van der Waals surface area contributed by atoms with Crippen molar-refractivity contribution in [1.82, 2.24) is 4.98 Å². The zero-order valence-corrected chi connectivity index (χ0v) is 12.4. The van der Waals surface area contributed by atoms with E-state index in [1.54, 1.807) is 7.11 Å². The lowest BCUT2D eigenvalue weighted by Gasteiger charge is -2.07. The Balaban J connectivity index is 1.80. The van der Waals surface area contributed by atoms with Crippen LogP contribution in [0, 0.1) is 0 Å². The average molecular weight is 306 g/mol. The van der Waals surface area contributed by atoms with Crippen LogP contribution in [0.1, 0.15) is 5.56 Å². The van der Waals surface area contributed by atoms with Crippen LogP contribution in [0.25, 0.3) is 11.1 Å². The van der Waals surface area contributed by atoms with E-state index in [9.17, 15) is 0 Å². The smallest absolute Gasteiger partial charge is 0.257 e. The van der Waals surface area contributed by atoms with Crippen molar-refractivity contribution in [3.63, 3.8) is 0 Å². The molecule has 0 fully saturated rings. The Labute approximate surface area is 125 Å². The third-order valence-electron chi connectivity index (χ3n) is 2.87. The Kier molecular flexibility index (Phi) is 3.85. The second-order valence-corrected chi connectivity index (χ2v) is 5.56. The van der Waals surface area contributed by atoms with E-state index < -0.39 is 0 Å². The Morgan fingerprint density at radius 1 is 1.25 bits per heavy atom. The molecule has 0 aliphatic heterocycles. The molecule has 5 heteroatoms. The van der Waals surface area contributed by atoms with Crippen LogP contribution in [0.15, 0.2) is 52.1 Å². The first-order chi connectivity index (χ1) is 9.76. The summed E-state index contributed by atoms with van der Waals surface area (Å²) >= 11 is 7.54. The van der Waals surface area contributed by atoms with Crippen LogP contribution in [-0.2, 0) is 5.75 Å². The largest absolute Gasteiger partial charge is 0.496 e. The summed E-state index contributed by atoms with van der Waals surface area (Å²) in [5, 5.41) is 1.34. The molecule has 1 aromatic heterocycles. The van der Waals surface area contributed by atoms with E-state index in [1.165, 1.54) is 11.8 Å². The quantitative estimate of drug-likeness (QED) is 0.650. The molecule has 0 radical (unpaired) electrons. The monoisotopic (exact) mass is 305 g/mol. The second kappa shape index (κ2) is 5.77. The minimum atomic E-state index is 0.647. The highest BCUT2D eigenvalue weighted by atomic mass is 35.5. The van der Waals surface area contributed by atoms with Crippen molar-refractivity contribution < 1.29 is 9.15 Å². The molecule has 0 aliphatic carbocycles. The van der Waals surface area contributed by atoms with E-state index >= 15 is 0 Å². The number of hydrogen-bond acceptors (Lipinski definition) is 4. The molecule has 0 bridgehead atoms. The summed E-state index contributed by atoms with van der Waals surface area (Å²) in [6.07, 6.45) is 0. The van der Waals surface area contributed by atoms with Crippen LogP contribution >= 0.6 is 23.4 Å². The van der Waals surface area contributed by atoms with E-state index in [4.69, 9.17) is 20.8 Å². The lowest BCUT2D eigenvalue weighted by molar-refractivity contribution is 0.411. The number of fused-ring (bicyclic) bond motifs is 1. The summed E-state index contributed by atoms with van der Waals surface area (Å²) < 4.78 is 11.0. The molecular weight excluding hydrogens is 294 g/mol. The number of halogens is 1. The number of para-hydroxylation sites is 2. The van der Waals surface area contributed by atoms with Gasteiger partial charge in [-0.25, -0.2) is 4.98 Å². The lowest BCUT2D eigenvalue weighted by atomic mass is 10.2. The molecule has 2 aromatic carbocycles. The average Bonchev–Trinajstić information content (AvgIpc) is 2.88. The number of hydrogen-bond donors (Lipinski definition) is 0. The maximum absolute atomic E-state index is 6.02. The van der Waals surface area contributed by atoms with Gasteiger partial charge in [0.25, 0.3) is 5.22 Å². The number of benzene rings is 2. The first kappa shape index (κ1) is 13.3. The predicted molar refractivity (Wildman–Crippen MR) is 81.6 cm³/mol. The first-order valence-electron chi connectivity index (χ1n) is 6.07. The molecule has 102 valence electrons. The maximum atomic E-state index is 6.02. The standard InChI is InChI=1S/C15H12ClNO2S/c1-18-13-7-6-11(16)8-10(13)9-20-15-17-12-4-2-3-5-14(12)19-15/h2-8H,9H2,1H3. The van der Waals surface area contributed by atoms with E-state index in [2.05, 4.69) is 4.98 Å². The van der Waals surface area contributed by atoms with Crippen molar-refractivity contribution >= 4 is 34.5 Å². The molecule has 0 amide bonds. The fraction of sp³-hybridized carbons (Fsp3) is 0.133. The number of aromatic nitrogens is 1. The third kappa shape index (κ3) is 2.76. The minimum absolute atomic E-state index is 0.647. The molecule has 3 nitrogen and oxygen atoms in total. The van der Waals surface area contributed by atoms with Crippen LogP contribution in [0.2, 0.25) is 5.02 Å². The summed E-state index contributed by atoms with van der Waals surface area (Å²) in [5.74, 6) is 1.51. The highest BCUT2D eigenvalue weighted by molar-refractivity contribution is 7.98. The van der Waals surface area contributed by atoms with Crippen LogP contribution in [0.4, 0.5) is 0 Å². The summed E-state index contributed by atoms with van der Waals surface area (Å²) in [4.78, 5) is 4.43. The fourth-order valence-electron chi connectivity index (χ4n) is 1.91. The van der Waals surface area contributed by atoms with Crippen molar-refractivity contribution in [2.75, 3.05) is 7.11 Å². The van der Waals surface area contributed by atoms with Crippen LogP contribution in [0.3, 0.4) is 0 Å². The van der Waals surface area contributed by atoms with Crippen molar-refractivity contribution in [2.45, 2.75) is 11.0 Å². The molecule has 0 spiro atoms. The van der Waals surface area contributed by atoms with E-state index in [0.717, 1.165) is 22.4 Å². The van der Waals surface area contributed by atoms with Gasteiger partial charge < -0.3 is 9.15 Å². The highest BCUT2D eigenvalue weighted by Crippen LogP contribution is 2.31. The van der Waals surface area contributed by atoms with Gasteiger partial charge in [0.05, 0.1) is 7.11 Å². The van der Waals surface area contributed by atoms with Gasteiger partial charge in [0.1, 0.15) is 11.3 Å². The summed E-state index contributed by atoms with van der Waals surface area (Å²) in [6.45, 7) is 0. The van der Waals surface area contributed by atoms with Crippen LogP contribution in [-0.4, -0.2) is 12.1 Å². The third-order valence-corrected chi connectivity index (χ3v) is 3.98. The molecule has 0 unspecified atom stereocenters. The SMILES string of the molecule is COc1ccc(Cl)cc1CSc1nc2ccccc2o1. The Morgan fingerprint density at radius 2 is 2.10 bits per heavy atom. The van der Waals surface area contributed by atoms with Crippen molar-refractivity contribution in [1.29, 1.82) is 0 Å². The fourth-order valence-corrected chi connectivity index (χ4v) is 2.92. The van der Waals surface area contributed by atoms with Gasteiger partial charge in [-0.05, 0) is 30.3 Å². The maximum Gasteiger partial charge on any atom is 0.257 e. The molecule has 0 saturated carbocycles. The van der Waals surface area contributed by atoms with Gasteiger partial charge in [0.2, 0.25) is 0 Å². The summed E-state index contributed by atoms with van der Waals surface area (Å²) in [7, 11) is 1.65. The van der Waals surface area contributed by atoms with Gasteiger partial charge >= 0.3 is 0 Å². The van der Waals surface area contributed by atoms with Crippen molar-refractivity contribution in [3.05, 3.63) is 53.1 Å². The van der Waals surface area contributed by atoms with E-state index in [0.29, 0.717) is 16.0 Å². The molecule has 0 N–H and O–H groups in total. The van der Waals surface area contributed by atoms with Crippen molar-refractivity contribution in [2.24, 2.45) is 0 Å². The molecule has 0 aliphatic rings. The zero-order valence-electron chi connectivity index (χ0n) is 10.8. The number of oxazole rings is 1. The summed E-state index contributed by atoms with van der Waals surface area (Å²) in [5.41, 5.74) is 2.69. The Bertz CT molecular complexity index is 709. The molecule has 3 rings (SSSR count). The van der Waals surface area contributed by atoms with Crippen molar-refractivity contribution in [3.8, 4) is 5.75 Å². The van der Waals surface area contributed by atoms with Gasteiger partial charge in [0.15, 0.2) is 5.58 Å². The van der Waals surface area contributed by atoms with E-state index in [1.807, 2.05) is 42.5 Å². The van der Waals surface area contributed by atoms with Gasteiger partial charge in [-0.2, -0.15) is 0 Å².